The van der Waals surface area contributed by atoms with Gasteiger partial charge in [-0.2, -0.15) is 0 Å². The number of rotatable bonds is 14. The second kappa shape index (κ2) is 14.2. The maximum atomic E-state index is 13.2. The Hall–Kier alpha value is -3.39. The third-order valence-corrected chi connectivity index (χ3v) is 5.48. The molecule has 0 aliphatic carbocycles. The first-order valence-electron chi connectivity index (χ1n) is 12.3. The molecular weight excluding hydrogens is 458 g/mol. The summed E-state index contributed by atoms with van der Waals surface area (Å²) in [5.41, 5.74) is 7.02. The highest BCUT2D eigenvalue weighted by Gasteiger charge is 2.25. The largest absolute Gasteiger partial charge is 0.497 e. The number of hydrogen-bond donors (Lipinski definition) is 3. The molecule has 8 nitrogen and oxygen atoms in total. The van der Waals surface area contributed by atoms with E-state index in [9.17, 15) is 14.4 Å². The zero-order valence-corrected chi connectivity index (χ0v) is 21.7. The summed E-state index contributed by atoms with van der Waals surface area (Å²) in [6.45, 7) is 5.90. The van der Waals surface area contributed by atoms with Crippen LogP contribution in [0, 0.1) is 0 Å². The number of carbonyl (C=O) groups is 3. The molecule has 8 heteroatoms. The lowest BCUT2D eigenvalue weighted by Crippen LogP contribution is -2.52. The third-order valence-electron chi connectivity index (χ3n) is 5.48. The van der Waals surface area contributed by atoms with Crippen molar-refractivity contribution in [1.82, 2.24) is 10.6 Å². The van der Waals surface area contributed by atoms with Crippen molar-refractivity contribution in [2.75, 3.05) is 13.7 Å². The van der Waals surface area contributed by atoms with Crippen molar-refractivity contribution in [1.29, 1.82) is 0 Å². The van der Waals surface area contributed by atoms with Gasteiger partial charge < -0.3 is 25.8 Å². The van der Waals surface area contributed by atoms with Crippen molar-refractivity contribution >= 4 is 17.8 Å². The molecule has 0 unspecified atom stereocenters. The summed E-state index contributed by atoms with van der Waals surface area (Å²) < 4.78 is 10.6. The van der Waals surface area contributed by atoms with Gasteiger partial charge >= 0.3 is 5.97 Å². The predicted molar refractivity (Wildman–Crippen MR) is 139 cm³/mol. The van der Waals surface area contributed by atoms with E-state index in [0.29, 0.717) is 38.0 Å². The Morgan fingerprint density at radius 1 is 0.972 bits per heavy atom. The smallest absolute Gasteiger partial charge is 0.306 e. The zero-order valence-electron chi connectivity index (χ0n) is 21.7. The molecule has 2 aromatic rings. The molecule has 0 bridgehead atoms. The Labute approximate surface area is 213 Å². The Bertz CT molecular complexity index is 988. The van der Waals surface area contributed by atoms with E-state index in [1.165, 1.54) is 0 Å². The van der Waals surface area contributed by atoms with Gasteiger partial charge in [0.1, 0.15) is 17.4 Å². The first kappa shape index (κ1) is 28.8. The molecule has 2 rings (SSSR count). The van der Waals surface area contributed by atoms with Crippen LogP contribution in [-0.4, -0.2) is 49.1 Å². The number of hydrogen-bond acceptors (Lipinski definition) is 6. The molecule has 2 aromatic carbocycles. The van der Waals surface area contributed by atoms with E-state index in [0.717, 1.165) is 11.1 Å². The van der Waals surface area contributed by atoms with E-state index in [1.807, 2.05) is 75.4 Å². The zero-order chi connectivity index (χ0) is 26.6. The summed E-state index contributed by atoms with van der Waals surface area (Å²) in [5.74, 6) is -0.501. The van der Waals surface area contributed by atoms with Gasteiger partial charge in [0, 0.05) is 6.42 Å². The van der Waals surface area contributed by atoms with E-state index in [-0.39, 0.29) is 18.3 Å². The van der Waals surface area contributed by atoms with Gasteiger partial charge in [0.2, 0.25) is 11.8 Å². The normalized spacial score (nSPS) is 12.9. The van der Waals surface area contributed by atoms with Crippen LogP contribution in [0.5, 0.6) is 5.75 Å². The second-order valence-electron chi connectivity index (χ2n) is 9.74. The monoisotopic (exact) mass is 497 g/mol. The van der Waals surface area contributed by atoms with E-state index in [4.69, 9.17) is 15.2 Å². The van der Waals surface area contributed by atoms with Crippen LogP contribution >= 0.6 is 0 Å². The SMILES string of the molecule is COc1cccc(C[C@H](NCCCC(=O)OC(C)(C)C)C(=O)N[C@@H](CCc2ccccc2)C(N)=O)c1. The first-order chi connectivity index (χ1) is 17.1. The van der Waals surface area contributed by atoms with Crippen LogP contribution in [0.15, 0.2) is 54.6 Å². The van der Waals surface area contributed by atoms with Crippen LogP contribution in [0.2, 0.25) is 0 Å². The van der Waals surface area contributed by atoms with Crippen molar-refractivity contribution in [3.8, 4) is 5.75 Å². The minimum atomic E-state index is -0.797. The molecule has 0 aliphatic heterocycles. The van der Waals surface area contributed by atoms with Gasteiger partial charge in [0.25, 0.3) is 0 Å². The molecule has 0 saturated heterocycles. The number of nitrogens with two attached hydrogens (primary N) is 1. The van der Waals surface area contributed by atoms with Gasteiger partial charge in [-0.3, -0.25) is 14.4 Å². The van der Waals surface area contributed by atoms with Gasteiger partial charge in [0.15, 0.2) is 0 Å². The van der Waals surface area contributed by atoms with Crippen LogP contribution in [0.25, 0.3) is 0 Å². The van der Waals surface area contributed by atoms with Crippen LogP contribution < -0.4 is 21.1 Å². The quantitative estimate of drug-likeness (QED) is 0.273. The summed E-state index contributed by atoms with van der Waals surface area (Å²) in [6.07, 6.45) is 2.12. The number of primary amides is 1. The average molecular weight is 498 g/mol. The Kier molecular flexibility index (Phi) is 11.4. The molecule has 0 fully saturated rings. The number of nitrogens with one attached hydrogen (secondary N) is 2. The fourth-order valence-electron chi connectivity index (χ4n) is 3.71. The number of esters is 1. The van der Waals surface area contributed by atoms with Gasteiger partial charge in [-0.05, 0) is 76.3 Å². The van der Waals surface area contributed by atoms with Crippen molar-refractivity contribution in [2.45, 2.75) is 70.6 Å². The maximum Gasteiger partial charge on any atom is 0.306 e. The molecule has 0 radical (unpaired) electrons. The number of methoxy groups -OCH3 is 1. The Morgan fingerprint density at radius 2 is 1.67 bits per heavy atom. The number of aryl methyl sites for hydroxylation is 1. The minimum Gasteiger partial charge on any atom is -0.497 e. The van der Waals surface area contributed by atoms with E-state index < -0.39 is 23.6 Å². The van der Waals surface area contributed by atoms with Crippen LogP contribution in [0.3, 0.4) is 0 Å². The lowest BCUT2D eigenvalue weighted by molar-refractivity contribution is -0.154. The molecule has 196 valence electrons. The van der Waals surface area contributed by atoms with Crippen LogP contribution in [0.4, 0.5) is 0 Å². The van der Waals surface area contributed by atoms with Crippen LogP contribution in [-0.2, 0) is 32.0 Å². The van der Waals surface area contributed by atoms with Crippen molar-refractivity contribution < 1.29 is 23.9 Å². The highest BCUT2D eigenvalue weighted by molar-refractivity contribution is 5.89. The topological polar surface area (TPSA) is 120 Å². The van der Waals surface area contributed by atoms with Crippen molar-refractivity contribution in [3.63, 3.8) is 0 Å². The summed E-state index contributed by atoms with van der Waals surface area (Å²) in [7, 11) is 1.59. The van der Waals surface area contributed by atoms with Gasteiger partial charge in [-0.1, -0.05) is 42.5 Å². The summed E-state index contributed by atoms with van der Waals surface area (Å²) >= 11 is 0. The van der Waals surface area contributed by atoms with Crippen LogP contribution in [0.1, 0.15) is 51.2 Å². The van der Waals surface area contributed by atoms with E-state index >= 15 is 0 Å². The molecule has 0 spiro atoms. The molecule has 36 heavy (non-hydrogen) atoms. The lowest BCUT2D eigenvalue weighted by atomic mass is 10.0. The molecule has 2 atom stereocenters. The summed E-state index contributed by atoms with van der Waals surface area (Å²) in [6, 6.07) is 15.8. The maximum absolute atomic E-state index is 13.2. The number of ether oxygens (including phenoxy) is 2. The molecule has 0 aliphatic rings. The molecule has 0 aromatic heterocycles. The predicted octanol–water partition coefficient (Wildman–Crippen LogP) is 2.92. The standard InChI is InChI=1S/C28H39N3O5/c1-28(2,3)36-25(32)14-9-17-30-24(19-21-12-8-13-22(18-21)35-4)27(34)31-23(26(29)33)16-15-20-10-6-5-7-11-20/h5-8,10-13,18,23-24,30H,9,14-17,19H2,1-4H3,(H2,29,33)(H,31,34)/t23-,24-/m0/s1. The Balaban J connectivity index is 2.03. The summed E-state index contributed by atoms with van der Waals surface area (Å²) in [4.78, 5) is 37.3. The second-order valence-corrected chi connectivity index (χ2v) is 9.74. The van der Waals surface area contributed by atoms with Gasteiger partial charge in [0.05, 0.1) is 13.2 Å². The van der Waals surface area contributed by atoms with Crippen molar-refractivity contribution in [2.24, 2.45) is 5.73 Å². The van der Waals surface area contributed by atoms with Gasteiger partial charge in [-0.15, -0.1) is 0 Å². The fourth-order valence-corrected chi connectivity index (χ4v) is 3.71. The summed E-state index contributed by atoms with van der Waals surface area (Å²) in [5, 5.41) is 6.05. The molecule has 0 saturated carbocycles. The van der Waals surface area contributed by atoms with Crippen molar-refractivity contribution in [3.05, 3.63) is 65.7 Å². The van der Waals surface area contributed by atoms with E-state index in [1.54, 1.807) is 7.11 Å². The first-order valence-corrected chi connectivity index (χ1v) is 12.3. The number of benzene rings is 2. The number of carbonyl (C=O) groups excluding carboxylic acids is 3. The third kappa shape index (κ3) is 10.9. The molecule has 2 amide bonds. The highest BCUT2D eigenvalue weighted by Crippen LogP contribution is 2.15. The highest BCUT2D eigenvalue weighted by atomic mass is 16.6. The molecular formula is C28H39N3O5. The molecule has 4 N–H and O–H groups in total. The molecule has 0 heterocycles. The fraction of sp³-hybridized carbons (Fsp3) is 0.464. The van der Waals surface area contributed by atoms with Gasteiger partial charge in [-0.25, -0.2) is 0 Å². The lowest BCUT2D eigenvalue weighted by Gasteiger charge is -2.23. The Morgan fingerprint density at radius 3 is 2.31 bits per heavy atom. The van der Waals surface area contributed by atoms with E-state index in [2.05, 4.69) is 10.6 Å². The minimum absolute atomic E-state index is 0.235. The number of amides is 2. The average Bonchev–Trinajstić information content (AvgIpc) is 2.83.